The van der Waals surface area contributed by atoms with Crippen molar-refractivity contribution >= 4 is 12.1 Å². The molecule has 128 valence electrons. The van der Waals surface area contributed by atoms with Crippen molar-refractivity contribution in [1.29, 1.82) is 0 Å². The molecule has 0 aliphatic heterocycles. The van der Waals surface area contributed by atoms with E-state index in [1.54, 1.807) is 6.92 Å². The van der Waals surface area contributed by atoms with Gasteiger partial charge in [-0.3, -0.25) is 4.89 Å². The van der Waals surface area contributed by atoms with Crippen molar-refractivity contribution < 1.29 is 43.3 Å². The molecular formula is C14H18O9. The fourth-order valence-corrected chi connectivity index (χ4v) is 1.54. The van der Waals surface area contributed by atoms with Crippen LogP contribution in [0.4, 0.5) is 4.79 Å². The van der Waals surface area contributed by atoms with Crippen LogP contribution in [0.5, 0.6) is 11.5 Å². The highest BCUT2D eigenvalue weighted by Crippen LogP contribution is 2.25. The lowest BCUT2D eigenvalue weighted by atomic mass is 10.2. The summed E-state index contributed by atoms with van der Waals surface area (Å²) in [7, 11) is 4.29. The first-order valence-corrected chi connectivity index (χ1v) is 6.48. The van der Waals surface area contributed by atoms with Crippen LogP contribution in [0.25, 0.3) is 0 Å². The maximum absolute atomic E-state index is 11.8. The highest BCUT2D eigenvalue weighted by atomic mass is 17.5. The van der Waals surface area contributed by atoms with Crippen LogP contribution in [0, 0.1) is 0 Å². The van der Waals surface area contributed by atoms with Gasteiger partial charge in [0.1, 0.15) is 23.2 Å². The Morgan fingerprint density at radius 3 is 2.43 bits per heavy atom. The van der Waals surface area contributed by atoms with Crippen LogP contribution in [-0.4, -0.2) is 46.2 Å². The Hall–Kier alpha value is -2.52. The summed E-state index contributed by atoms with van der Waals surface area (Å²) in [5, 5.41) is 4.10. The third-order valence-electron chi connectivity index (χ3n) is 2.54. The van der Waals surface area contributed by atoms with E-state index in [0.29, 0.717) is 5.75 Å². The molecule has 0 radical (unpaired) electrons. The normalized spacial score (nSPS) is 11.3. The predicted molar refractivity (Wildman–Crippen MR) is 75.0 cm³/mol. The van der Waals surface area contributed by atoms with Crippen molar-refractivity contribution in [2.24, 2.45) is 0 Å². The van der Waals surface area contributed by atoms with Crippen LogP contribution in [-0.2, 0) is 24.3 Å². The van der Waals surface area contributed by atoms with Gasteiger partial charge in [0.25, 0.3) is 0 Å². The second-order valence-electron chi connectivity index (χ2n) is 4.22. The summed E-state index contributed by atoms with van der Waals surface area (Å²) < 4.78 is 19.5. The zero-order valence-corrected chi connectivity index (χ0v) is 13.2. The van der Waals surface area contributed by atoms with Gasteiger partial charge in [-0.25, -0.2) is 14.5 Å². The summed E-state index contributed by atoms with van der Waals surface area (Å²) in [6.07, 6.45) is -1.72. The quantitative estimate of drug-likeness (QED) is 0.402. The molecule has 9 nitrogen and oxygen atoms in total. The smallest absolute Gasteiger partial charge is 0.497 e. The molecule has 0 bridgehead atoms. The van der Waals surface area contributed by atoms with E-state index < -0.39 is 18.2 Å². The minimum Gasteiger partial charge on any atom is -0.497 e. The number of carbonyl (C=O) groups excluding carboxylic acids is 2. The van der Waals surface area contributed by atoms with Gasteiger partial charge in [0.05, 0.1) is 25.9 Å². The SMILES string of the molecule is COCC(C)OC(=O)OOOC(=O)c1ccc(OC)cc1OC. The summed E-state index contributed by atoms with van der Waals surface area (Å²) in [6, 6.07) is 4.42. The van der Waals surface area contributed by atoms with Gasteiger partial charge in [-0.05, 0) is 19.1 Å². The van der Waals surface area contributed by atoms with Crippen LogP contribution in [0.2, 0.25) is 0 Å². The van der Waals surface area contributed by atoms with Crippen LogP contribution >= 0.6 is 0 Å². The van der Waals surface area contributed by atoms with Crippen LogP contribution in [0.3, 0.4) is 0 Å². The van der Waals surface area contributed by atoms with Crippen molar-refractivity contribution in [3.05, 3.63) is 23.8 Å². The number of hydrogen-bond donors (Lipinski definition) is 0. The Morgan fingerprint density at radius 1 is 1.09 bits per heavy atom. The van der Waals surface area contributed by atoms with Crippen molar-refractivity contribution in [2.45, 2.75) is 13.0 Å². The first-order chi connectivity index (χ1) is 11.0. The molecule has 1 rings (SSSR count). The van der Waals surface area contributed by atoms with Gasteiger partial charge in [-0.1, -0.05) is 0 Å². The van der Waals surface area contributed by atoms with Crippen molar-refractivity contribution in [2.75, 3.05) is 27.9 Å². The van der Waals surface area contributed by atoms with E-state index in [2.05, 4.69) is 14.8 Å². The Bertz CT molecular complexity index is 529. The maximum atomic E-state index is 11.8. The van der Waals surface area contributed by atoms with Crippen LogP contribution < -0.4 is 9.47 Å². The zero-order chi connectivity index (χ0) is 17.2. The topological polar surface area (TPSA) is 98.8 Å². The predicted octanol–water partition coefficient (Wildman–Crippen LogP) is 1.90. The lowest BCUT2D eigenvalue weighted by molar-refractivity contribution is -0.453. The number of carbonyl (C=O) groups is 2. The van der Waals surface area contributed by atoms with Gasteiger partial charge in [-0.2, -0.15) is 0 Å². The fourth-order valence-electron chi connectivity index (χ4n) is 1.54. The molecule has 0 spiro atoms. The molecular weight excluding hydrogens is 312 g/mol. The van der Waals surface area contributed by atoms with E-state index in [0.717, 1.165) is 0 Å². The molecule has 0 aromatic heterocycles. The third-order valence-corrected chi connectivity index (χ3v) is 2.54. The van der Waals surface area contributed by atoms with Gasteiger partial charge in [0.15, 0.2) is 0 Å². The van der Waals surface area contributed by atoms with Crippen molar-refractivity contribution in [1.82, 2.24) is 0 Å². The second kappa shape index (κ2) is 9.49. The molecule has 0 heterocycles. The lowest BCUT2D eigenvalue weighted by Crippen LogP contribution is -2.21. The summed E-state index contributed by atoms with van der Waals surface area (Å²) in [4.78, 5) is 31.5. The molecule has 1 aromatic rings. The van der Waals surface area contributed by atoms with Gasteiger partial charge in [0.2, 0.25) is 0 Å². The minimum absolute atomic E-state index is 0.0537. The highest BCUT2D eigenvalue weighted by molar-refractivity contribution is 5.92. The summed E-state index contributed by atoms with van der Waals surface area (Å²) >= 11 is 0. The monoisotopic (exact) mass is 330 g/mol. The van der Waals surface area contributed by atoms with Crippen molar-refractivity contribution in [3.63, 3.8) is 0 Å². The number of benzene rings is 1. The third kappa shape index (κ3) is 6.01. The molecule has 1 atom stereocenters. The van der Waals surface area contributed by atoms with E-state index in [4.69, 9.17) is 18.9 Å². The molecule has 0 aliphatic rings. The number of rotatable bonds is 8. The Morgan fingerprint density at radius 2 is 1.83 bits per heavy atom. The van der Waals surface area contributed by atoms with E-state index in [9.17, 15) is 9.59 Å². The summed E-state index contributed by atoms with van der Waals surface area (Å²) in [5.74, 6) is -0.234. The Balaban J connectivity index is 2.49. The summed E-state index contributed by atoms with van der Waals surface area (Å²) in [6.45, 7) is 1.76. The molecule has 9 heteroatoms. The lowest BCUT2D eigenvalue weighted by Gasteiger charge is -2.11. The molecule has 0 saturated carbocycles. The first kappa shape index (κ1) is 18.5. The molecule has 1 unspecified atom stereocenters. The number of methoxy groups -OCH3 is 3. The zero-order valence-electron chi connectivity index (χ0n) is 13.2. The average molecular weight is 330 g/mol. The molecule has 0 N–H and O–H groups in total. The van der Waals surface area contributed by atoms with E-state index in [1.807, 2.05) is 0 Å². The number of hydrogen-bond acceptors (Lipinski definition) is 9. The van der Waals surface area contributed by atoms with E-state index in [1.165, 1.54) is 39.5 Å². The number of ether oxygens (including phenoxy) is 4. The molecule has 0 fully saturated rings. The minimum atomic E-state index is -1.18. The molecule has 0 aliphatic carbocycles. The van der Waals surface area contributed by atoms with E-state index in [-0.39, 0.29) is 17.9 Å². The van der Waals surface area contributed by atoms with Gasteiger partial charge < -0.3 is 18.9 Å². The summed E-state index contributed by atoms with van der Waals surface area (Å²) in [5.41, 5.74) is 0.0537. The molecule has 1 aromatic carbocycles. The van der Waals surface area contributed by atoms with Crippen LogP contribution in [0.15, 0.2) is 18.2 Å². The average Bonchev–Trinajstić information content (AvgIpc) is 2.54. The Labute approximate surface area is 132 Å². The first-order valence-electron chi connectivity index (χ1n) is 6.48. The van der Waals surface area contributed by atoms with Crippen LogP contribution in [0.1, 0.15) is 17.3 Å². The standard InChI is InChI=1S/C14H18O9/c1-9(8-17-2)20-14(16)22-23-21-13(15)11-6-5-10(18-3)7-12(11)19-4/h5-7,9H,8H2,1-4H3. The highest BCUT2D eigenvalue weighted by Gasteiger charge is 2.18. The maximum Gasteiger partial charge on any atom is 0.543 e. The molecule has 23 heavy (non-hydrogen) atoms. The molecule has 0 saturated heterocycles. The second-order valence-corrected chi connectivity index (χ2v) is 4.22. The molecule has 0 amide bonds. The van der Waals surface area contributed by atoms with Crippen molar-refractivity contribution in [3.8, 4) is 11.5 Å². The fraction of sp³-hybridized carbons (Fsp3) is 0.429. The van der Waals surface area contributed by atoms with Gasteiger partial charge >= 0.3 is 12.1 Å². The van der Waals surface area contributed by atoms with Gasteiger partial charge in [0, 0.05) is 13.2 Å². The van der Waals surface area contributed by atoms with E-state index >= 15 is 0 Å². The van der Waals surface area contributed by atoms with Gasteiger partial charge in [-0.15, -0.1) is 0 Å². The Kier molecular flexibility index (Phi) is 7.64. The largest absolute Gasteiger partial charge is 0.543 e.